The third-order valence-corrected chi connectivity index (χ3v) is 3.25. The predicted octanol–water partition coefficient (Wildman–Crippen LogP) is 2.47. The molecule has 1 aromatic heterocycles. The van der Waals surface area contributed by atoms with Crippen molar-refractivity contribution in [2.45, 2.75) is 32.9 Å². The molecule has 3 N–H and O–H groups in total. The molecule has 106 valence electrons. The molecule has 0 aliphatic heterocycles. The average Bonchev–Trinajstić information content (AvgIpc) is 2.86. The molecular formula is C16H20N2O2. The molecular weight excluding hydrogens is 252 g/mol. The first-order valence-electron chi connectivity index (χ1n) is 6.72. The Labute approximate surface area is 119 Å². The number of rotatable bonds is 5. The van der Waals surface area contributed by atoms with E-state index in [1.54, 1.807) is 0 Å². The summed E-state index contributed by atoms with van der Waals surface area (Å²) in [5.74, 6) is 1.57. The molecule has 4 nitrogen and oxygen atoms in total. The van der Waals surface area contributed by atoms with Crippen molar-refractivity contribution in [3.8, 4) is 0 Å². The van der Waals surface area contributed by atoms with Crippen LogP contribution in [0, 0.1) is 6.92 Å². The van der Waals surface area contributed by atoms with Gasteiger partial charge in [0.25, 0.3) is 0 Å². The number of hydrogen-bond acceptors (Lipinski definition) is 3. The fourth-order valence-electron chi connectivity index (χ4n) is 2.15. The molecule has 0 saturated heterocycles. The molecule has 0 aliphatic carbocycles. The van der Waals surface area contributed by atoms with Crippen LogP contribution in [0.3, 0.4) is 0 Å². The van der Waals surface area contributed by atoms with E-state index in [2.05, 4.69) is 5.32 Å². The van der Waals surface area contributed by atoms with Gasteiger partial charge in [0.15, 0.2) is 0 Å². The Hall–Kier alpha value is -2.07. The third kappa shape index (κ3) is 3.48. The normalized spacial score (nSPS) is 12.2. The summed E-state index contributed by atoms with van der Waals surface area (Å²) in [6, 6.07) is 11.4. The molecule has 20 heavy (non-hydrogen) atoms. The standard InChI is InChI=1S/C16H20N2O2/c1-11-7-8-15(20-11)12(2)18-16(19)9-13-5-3-4-6-14(13)10-17/h3-8,12H,9-10,17H2,1-2H3,(H,18,19). The van der Waals surface area contributed by atoms with Crippen molar-refractivity contribution in [3.05, 3.63) is 59.0 Å². The van der Waals surface area contributed by atoms with Gasteiger partial charge in [0.2, 0.25) is 5.91 Å². The highest BCUT2D eigenvalue weighted by molar-refractivity contribution is 5.79. The number of furan rings is 1. The summed E-state index contributed by atoms with van der Waals surface area (Å²) in [5.41, 5.74) is 7.65. The van der Waals surface area contributed by atoms with E-state index in [0.717, 1.165) is 22.6 Å². The van der Waals surface area contributed by atoms with Gasteiger partial charge >= 0.3 is 0 Å². The fourth-order valence-corrected chi connectivity index (χ4v) is 2.15. The molecule has 1 aromatic carbocycles. The van der Waals surface area contributed by atoms with Gasteiger partial charge in [-0.3, -0.25) is 4.79 Å². The van der Waals surface area contributed by atoms with E-state index in [-0.39, 0.29) is 11.9 Å². The Morgan fingerprint density at radius 1 is 1.25 bits per heavy atom. The smallest absolute Gasteiger partial charge is 0.225 e. The van der Waals surface area contributed by atoms with Crippen LogP contribution in [0.5, 0.6) is 0 Å². The first-order chi connectivity index (χ1) is 9.60. The summed E-state index contributed by atoms with van der Waals surface area (Å²) in [6.07, 6.45) is 0.331. The Morgan fingerprint density at radius 2 is 1.95 bits per heavy atom. The second kappa shape index (κ2) is 6.39. The van der Waals surface area contributed by atoms with Crippen LogP contribution in [0.1, 0.15) is 35.6 Å². The number of hydrogen-bond donors (Lipinski definition) is 2. The van der Waals surface area contributed by atoms with Crippen LogP contribution >= 0.6 is 0 Å². The van der Waals surface area contributed by atoms with Crippen molar-refractivity contribution in [1.82, 2.24) is 5.32 Å². The fraction of sp³-hybridized carbons (Fsp3) is 0.312. The van der Waals surface area contributed by atoms with Gasteiger partial charge in [-0.15, -0.1) is 0 Å². The second-order valence-corrected chi connectivity index (χ2v) is 4.89. The molecule has 4 heteroatoms. The van der Waals surface area contributed by atoms with E-state index < -0.39 is 0 Å². The van der Waals surface area contributed by atoms with Crippen molar-refractivity contribution in [1.29, 1.82) is 0 Å². The number of amides is 1. The van der Waals surface area contributed by atoms with Crippen LogP contribution in [0.2, 0.25) is 0 Å². The summed E-state index contributed by atoms with van der Waals surface area (Å²) in [5, 5.41) is 2.94. The monoisotopic (exact) mass is 272 g/mol. The molecule has 0 fully saturated rings. The molecule has 1 amide bonds. The van der Waals surface area contributed by atoms with Crippen LogP contribution < -0.4 is 11.1 Å². The Bertz CT molecular complexity index is 590. The SMILES string of the molecule is Cc1ccc(C(C)NC(=O)Cc2ccccc2CN)o1. The molecule has 0 radical (unpaired) electrons. The third-order valence-electron chi connectivity index (χ3n) is 3.25. The average molecular weight is 272 g/mol. The van der Waals surface area contributed by atoms with Gasteiger partial charge in [-0.05, 0) is 37.1 Å². The van der Waals surface area contributed by atoms with Crippen molar-refractivity contribution in [3.63, 3.8) is 0 Å². The maximum absolute atomic E-state index is 12.1. The zero-order chi connectivity index (χ0) is 14.5. The first kappa shape index (κ1) is 14.3. The van der Waals surface area contributed by atoms with Gasteiger partial charge in [0.1, 0.15) is 11.5 Å². The van der Waals surface area contributed by atoms with Gasteiger partial charge in [0.05, 0.1) is 12.5 Å². The van der Waals surface area contributed by atoms with Crippen LogP contribution in [0.25, 0.3) is 0 Å². The number of nitrogens with one attached hydrogen (secondary N) is 1. The van der Waals surface area contributed by atoms with E-state index in [1.165, 1.54) is 0 Å². The van der Waals surface area contributed by atoms with Crippen molar-refractivity contribution in [2.24, 2.45) is 5.73 Å². The molecule has 0 spiro atoms. The van der Waals surface area contributed by atoms with E-state index >= 15 is 0 Å². The van der Waals surface area contributed by atoms with Crippen molar-refractivity contribution >= 4 is 5.91 Å². The number of aryl methyl sites for hydroxylation is 1. The Kier molecular flexibility index (Phi) is 4.58. The highest BCUT2D eigenvalue weighted by Gasteiger charge is 2.13. The van der Waals surface area contributed by atoms with Gasteiger partial charge in [0, 0.05) is 6.54 Å². The van der Waals surface area contributed by atoms with Crippen LogP contribution in [-0.2, 0) is 17.8 Å². The molecule has 1 atom stereocenters. The maximum Gasteiger partial charge on any atom is 0.225 e. The van der Waals surface area contributed by atoms with Gasteiger partial charge in [-0.25, -0.2) is 0 Å². The van der Waals surface area contributed by atoms with Crippen LogP contribution in [-0.4, -0.2) is 5.91 Å². The van der Waals surface area contributed by atoms with Crippen LogP contribution in [0.4, 0.5) is 0 Å². The quantitative estimate of drug-likeness (QED) is 0.878. The minimum absolute atomic E-state index is 0.0348. The summed E-state index contributed by atoms with van der Waals surface area (Å²) in [7, 11) is 0. The lowest BCUT2D eigenvalue weighted by Gasteiger charge is -2.13. The summed E-state index contributed by atoms with van der Waals surface area (Å²) >= 11 is 0. The highest BCUT2D eigenvalue weighted by Crippen LogP contribution is 2.16. The lowest BCUT2D eigenvalue weighted by atomic mass is 10.0. The summed E-state index contributed by atoms with van der Waals surface area (Å²) < 4.78 is 5.51. The molecule has 0 aliphatic rings. The molecule has 0 bridgehead atoms. The number of carbonyl (C=O) groups is 1. The summed E-state index contributed by atoms with van der Waals surface area (Å²) in [6.45, 7) is 4.23. The largest absolute Gasteiger partial charge is 0.464 e. The minimum Gasteiger partial charge on any atom is -0.464 e. The van der Waals surface area contributed by atoms with Crippen molar-refractivity contribution in [2.75, 3.05) is 0 Å². The maximum atomic E-state index is 12.1. The molecule has 1 unspecified atom stereocenters. The van der Waals surface area contributed by atoms with E-state index in [0.29, 0.717) is 13.0 Å². The van der Waals surface area contributed by atoms with E-state index in [1.807, 2.05) is 50.2 Å². The van der Waals surface area contributed by atoms with Crippen LogP contribution in [0.15, 0.2) is 40.8 Å². The molecule has 1 heterocycles. The Morgan fingerprint density at radius 3 is 2.55 bits per heavy atom. The van der Waals surface area contributed by atoms with Gasteiger partial charge < -0.3 is 15.5 Å². The molecule has 2 aromatic rings. The highest BCUT2D eigenvalue weighted by atomic mass is 16.3. The predicted molar refractivity (Wildman–Crippen MR) is 78.0 cm³/mol. The van der Waals surface area contributed by atoms with Crippen molar-refractivity contribution < 1.29 is 9.21 Å². The second-order valence-electron chi connectivity index (χ2n) is 4.89. The van der Waals surface area contributed by atoms with Gasteiger partial charge in [-0.2, -0.15) is 0 Å². The zero-order valence-electron chi connectivity index (χ0n) is 11.8. The van der Waals surface area contributed by atoms with Gasteiger partial charge in [-0.1, -0.05) is 24.3 Å². The lowest BCUT2D eigenvalue weighted by molar-refractivity contribution is -0.121. The zero-order valence-corrected chi connectivity index (χ0v) is 11.8. The minimum atomic E-state index is -0.138. The lowest BCUT2D eigenvalue weighted by Crippen LogP contribution is -2.28. The molecule has 0 saturated carbocycles. The first-order valence-corrected chi connectivity index (χ1v) is 6.72. The number of benzene rings is 1. The Balaban J connectivity index is 1.98. The number of carbonyl (C=O) groups excluding carboxylic acids is 1. The summed E-state index contributed by atoms with van der Waals surface area (Å²) in [4.78, 5) is 12.1. The van der Waals surface area contributed by atoms with E-state index in [9.17, 15) is 4.79 Å². The molecule has 2 rings (SSSR count). The van der Waals surface area contributed by atoms with E-state index in [4.69, 9.17) is 10.2 Å². The topological polar surface area (TPSA) is 68.3 Å². The number of nitrogens with two attached hydrogens (primary N) is 1.